The number of aromatic amines is 1. The van der Waals surface area contributed by atoms with Gasteiger partial charge in [-0.2, -0.15) is 9.61 Å². The Kier molecular flexibility index (Phi) is 5.12. The van der Waals surface area contributed by atoms with Crippen LogP contribution < -0.4 is 5.56 Å². The maximum atomic E-state index is 13.0. The molecule has 3 aromatic rings. The number of rotatable bonds is 4. The number of likely N-dealkylation sites (tertiary alicyclic amines) is 1. The lowest BCUT2D eigenvalue weighted by molar-refractivity contribution is 0.0141. The summed E-state index contributed by atoms with van der Waals surface area (Å²) in [6.07, 6.45) is 7.80. The van der Waals surface area contributed by atoms with Crippen molar-refractivity contribution in [1.82, 2.24) is 19.5 Å². The van der Waals surface area contributed by atoms with E-state index in [1.165, 1.54) is 54.4 Å². The quantitative estimate of drug-likeness (QED) is 0.686. The molecule has 0 spiro atoms. The first-order valence-corrected chi connectivity index (χ1v) is 11.1. The number of hydrogen-bond donors (Lipinski definition) is 1. The second-order valence-electron chi connectivity index (χ2n) is 8.91. The Morgan fingerprint density at radius 2 is 1.94 bits per heavy atom. The number of fused-ring (bicyclic) bond motifs is 1. The third-order valence-corrected chi connectivity index (χ3v) is 7.09. The van der Waals surface area contributed by atoms with Crippen molar-refractivity contribution in [2.75, 3.05) is 13.2 Å². The number of halogens is 1. The van der Waals surface area contributed by atoms with Crippen molar-refractivity contribution in [2.24, 2.45) is 5.92 Å². The van der Waals surface area contributed by atoms with Crippen molar-refractivity contribution >= 4 is 11.6 Å². The summed E-state index contributed by atoms with van der Waals surface area (Å²) >= 11 is 0. The molecule has 1 aliphatic heterocycles. The number of carbonyl (C=O) groups excluding carboxylic acids is 1. The molecule has 162 valence electrons. The zero-order chi connectivity index (χ0) is 21.5. The number of nitrogens with zero attached hydrogens (tertiary/aromatic N) is 3. The van der Waals surface area contributed by atoms with Crippen molar-refractivity contribution in [1.29, 1.82) is 0 Å². The summed E-state index contributed by atoms with van der Waals surface area (Å²) in [6.45, 7) is 1.80. The third kappa shape index (κ3) is 3.46. The highest BCUT2D eigenvalue weighted by Crippen LogP contribution is 2.33. The summed E-state index contributed by atoms with van der Waals surface area (Å²) in [6, 6.07) is 9.72. The average molecular weight is 423 g/mol. The van der Waals surface area contributed by atoms with Crippen LogP contribution in [0.2, 0.25) is 0 Å². The molecular weight excluding hydrogens is 395 g/mol. The number of nitrogens with one attached hydrogen (secondary N) is 1. The standard InChI is InChI=1S/C24H27FN4O2/c1-15-19(12-25)14-28(15)24(31)20-13-26-29-22(30)11-21(27-23(20)29)18-9-7-17(8-10-18)16-5-3-2-4-6-16/h7-11,13,15-16,19,27H,2-6,12,14H2,1H3/t15-,19-/m0/s1. The summed E-state index contributed by atoms with van der Waals surface area (Å²) in [5.41, 5.74) is 3.31. The normalized spacial score (nSPS) is 21.9. The average Bonchev–Trinajstić information content (AvgIpc) is 3.24. The maximum Gasteiger partial charge on any atom is 0.274 e. The molecule has 7 heteroatoms. The first-order chi connectivity index (χ1) is 15.1. The van der Waals surface area contributed by atoms with Gasteiger partial charge >= 0.3 is 0 Å². The minimum Gasteiger partial charge on any atom is -0.339 e. The first kappa shape index (κ1) is 20.0. The molecule has 2 fully saturated rings. The molecule has 1 amide bonds. The molecule has 0 unspecified atom stereocenters. The Bertz CT molecular complexity index is 1160. The molecule has 31 heavy (non-hydrogen) atoms. The number of aromatic nitrogens is 3. The maximum absolute atomic E-state index is 13.0. The minimum atomic E-state index is -0.433. The molecule has 2 aliphatic rings. The highest BCUT2D eigenvalue weighted by atomic mass is 19.1. The van der Waals surface area contributed by atoms with Crippen LogP contribution in [-0.2, 0) is 0 Å². The number of carbonyl (C=O) groups is 1. The first-order valence-electron chi connectivity index (χ1n) is 11.1. The van der Waals surface area contributed by atoms with E-state index in [0.717, 1.165) is 5.56 Å². The van der Waals surface area contributed by atoms with Gasteiger partial charge in [-0.05, 0) is 36.8 Å². The van der Waals surface area contributed by atoms with Crippen LogP contribution >= 0.6 is 0 Å². The molecule has 0 radical (unpaired) electrons. The van der Waals surface area contributed by atoms with Gasteiger partial charge in [0.05, 0.1) is 18.6 Å². The van der Waals surface area contributed by atoms with Gasteiger partial charge in [-0.15, -0.1) is 0 Å². The van der Waals surface area contributed by atoms with Gasteiger partial charge in [-0.25, -0.2) is 0 Å². The second kappa shape index (κ2) is 7.94. The van der Waals surface area contributed by atoms with Gasteiger partial charge < -0.3 is 9.88 Å². The summed E-state index contributed by atoms with van der Waals surface area (Å²) in [5, 5.41) is 4.11. The number of amides is 1. The Morgan fingerprint density at radius 3 is 2.61 bits per heavy atom. The van der Waals surface area contributed by atoms with Gasteiger partial charge in [0.1, 0.15) is 5.56 Å². The van der Waals surface area contributed by atoms with Gasteiger partial charge in [0.2, 0.25) is 0 Å². The summed E-state index contributed by atoms with van der Waals surface area (Å²) in [5.74, 6) is 0.269. The van der Waals surface area contributed by atoms with Crippen LogP contribution in [0.25, 0.3) is 16.9 Å². The molecular formula is C24H27FN4O2. The molecule has 1 saturated heterocycles. The molecule has 5 rings (SSSR count). The van der Waals surface area contributed by atoms with E-state index < -0.39 is 6.67 Å². The Hall–Kier alpha value is -2.96. The molecule has 1 N–H and O–H groups in total. The molecule has 6 nitrogen and oxygen atoms in total. The topological polar surface area (TPSA) is 70.5 Å². The second-order valence-corrected chi connectivity index (χ2v) is 8.91. The van der Waals surface area contributed by atoms with Gasteiger partial charge in [0.25, 0.3) is 11.5 Å². The summed E-state index contributed by atoms with van der Waals surface area (Å²) in [7, 11) is 0. The fraction of sp³-hybridized carbons (Fsp3) is 0.458. The molecule has 2 atom stereocenters. The summed E-state index contributed by atoms with van der Waals surface area (Å²) in [4.78, 5) is 30.5. The van der Waals surface area contributed by atoms with Crippen molar-refractivity contribution in [3.05, 3.63) is 58.0 Å². The predicted octanol–water partition coefficient (Wildman–Crippen LogP) is 4.17. The van der Waals surface area contributed by atoms with E-state index in [1.54, 1.807) is 4.90 Å². The van der Waals surface area contributed by atoms with Gasteiger partial charge in [0, 0.05) is 24.6 Å². The van der Waals surface area contributed by atoms with Crippen LogP contribution in [0.5, 0.6) is 0 Å². The number of hydrogen-bond acceptors (Lipinski definition) is 3. The fourth-order valence-corrected chi connectivity index (χ4v) is 4.96. The SMILES string of the molecule is C[C@H]1[C@@H](CF)CN1C(=O)c1cnn2c(=O)cc(-c3ccc(C4CCCCC4)cc3)[nH]c12. The number of alkyl halides is 1. The van der Waals surface area contributed by atoms with E-state index in [4.69, 9.17) is 0 Å². The van der Waals surface area contributed by atoms with Crippen LogP contribution in [-0.4, -0.2) is 44.7 Å². The zero-order valence-corrected chi connectivity index (χ0v) is 17.7. The van der Waals surface area contributed by atoms with Crippen molar-refractivity contribution in [3.63, 3.8) is 0 Å². The lowest BCUT2D eigenvalue weighted by Gasteiger charge is -2.45. The highest BCUT2D eigenvalue weighted by Gasteiger charge is 2.39. The minimum absolute atomic E-state index is 0.122. The van der Waals surface area contributed by atoms with Gasteiger partial charge in [-0.1, -0.05) is 43.5 Å². The van der Waals surface area contributed by atoms with Crippen molar-refractivity contribution in [2.45, 2.75) is 51.0 Å². The van der Waals surface area contributed by atoms with Crippen LogP contribution in [0.3, 0.4) is 0 Å². The van der Waals surface area contributed by atoms with E-state index in [9.17, 15) is 14.0 Å². The molecule has 2 aromatic heterocycles. The van der Waals surface area contributed by atoms with E-state index in [0.29, 0.717) is 29.4 Å². The highest BCUT2D eigenvalue weighted by molar-refractivity contribution is 6.00. The van der Waals surface area contributed by atoms with Crippen LogP contribution in [0, 0.1) is 5.92 Å². The van der Waals surface area contributed by atoms with Crippen LogP contribution in [0.15, 0.2) is 41.3 Å². The third-order valence-electron chi connectivity index (χ3n) is 7.09. The number of benzene rings is 1. The van der Waals surface area contributed by atoms with Crippen molar-refractivity contribution in [3.8, 4) is 11.3 Å². The fourth-order valence-electron chi connectivity index (χ4n) is 4.96. The molecule has 1 aliphatic carbocycles. The predicted molar refractivity (Wildman–Crippen MR) is 117 cm³/mol. The smallest absolute Gasteiger partial charge is 0.274 e. The molecule has 1 aromatic carbocycles. The molecule has 3 heterocycles. The Labute approximate surface area is 180 Å². The monoisotopic (exact) mass is 422 g/mol. The van der Waals surface area contributed by atoms with E-state index >= 15 is 0 Å². The van der Waals surface area contributed by atoms with E-state index in [1.807, 2.05) is 19.1 Å². The van der Waals surface area contributed by atoms with E-state index in [2.05, 4.69) is 22.2 Å². The summed E-state index contributed by atoms with van der Waals surface area (Å²) < 4.78 is 14.2. The largest absolute Gasteiger partial charge is 0.339 e. The lowest BCUT2D eigenvalue weighted by Crippen LogP contribution is -2.57. The van der Waals surface area contributed by atoms with Crippen molar-refractivity contribution < 1.29 is 9.18 Å². The van der Waals surface area contributed by atoms with Crippen LogP contribution in [0.1, 0.15) is 60.9 Å². The number of H-pyrrole nitrogens is 1. The van der Waals surface area contributed by atoms with Crippen LogP contribution in [0.4, 0.5) is 4.39 Å². The van der Waals surface area contributed by atoms with Gasteiger partial charge in [-0.3, -0.25) is 14.0 Å². The molecule has 1 saturated carbocycles. The van der Waals surface area contributed by atoms with Gasteiger partial charge in [0.15, 0.2) is 5.65 Å². The zero-order valence-electron chi connectivity index (χ0n) is 17.7. The lowest BCUT2D eigenvalue weighted by atomic mass is 9.84. The Balaban J connectivity index is 1.46. The molecule has 0 bridgehead atoms. The Morgan fingerprint density at radius 1 is 1.19 bits per heavy atom. The van der Waals surface area contributed by atoms with E-state index in [-0.39, 0.29) is 23.4 Å².